The molecule has 1 N–H and O–H groups in total. The van der Waals surface area contributed by atoms with Gasteiger partial charge in [0.15, 0.2) is 0 Å². The molecule has 0 aromatic carbocycles. The van der Waals surface area contributed by atoms with Crippen LogP contribution in [0.3, 0.4) is 0 Å². The molecule has 4 nitrogen and oxygen atoms in total. The van der Waals surface area contributed by atoms with Gasteiger partial charge in [-0.1, -0.05) is 19.3 Å². The van der Waals surface area contributed by atoms with Gasteiger partial charge >= 0.3 is 0 Å². The van der Waals surface area contributed by atoms with E-state index in [9.17, 15) is 0 Å². The van der Waals surface area contributed by atoms with Gasteiger partial charge in [0.05, 0.1) is 0 Å². The minimum absolute atomic E-state index is 0.670. The number of nitrogens with zero attached hydrogens (tertiary/aromatic N) is 3. The Kier molecular flexibility index (Phi) is 3.80. The van der Waals surface area contributed by atoms with E-state index in [0.717, 1.165) is 18.3 Å². The molecule has 114 valence electrons. The zero-order chi connectivity index (χ0) is 14.1. The van der Waals surface area contributed by atoms with Gasteiger partial charge in [-0.15, -0.1) is 0 Å². The minimum atomic E-state index is 0.670. The SMILES string of the molecule is c1nc(C2CCCCC2)cc(N2C[C@H]3CCCN[C@H]3C2)n1. The van der Waals surface area contributed by atoms with Crippen LogP contribution in [0.2, 0.25) is 0 Å². The molecule has 0 unspecified atom stereocenters. The summed E-state index contributed by atoms with van der Waals surface area (Å²) in [6.07, 6.45) is 11.2. The van der Waals surface area contributed by atoms with Crippen LogP contribution in [-0.4, -0.2) is 35.6 Å². The molecule has 4 rings (SSSR count). The van der Waals surface area contributed by atoms with Crippen LogP contribution in [0.15, 0.2) is 12.4 Å². The highest BCUT2D eigenvalue weighted by atomic mass is 15.2. The Labute approximate surface area is 127 Å². The summed E-state index contributed by atoms with van der Waals surface area (Å²) in [5.74, 6) is 2.64. The monoisotopic (exact) mass is 286 g/mol. The summed E-state index contributed by atoms with van der Waals surface area (Å²) in [4.78, 5) is 11.6. The summed E-state index contributed by atoms with van der Waals surface area (Å²) >= 11 is 0. The fourth-order valence-electron chi connectivity index (χ4n) is 4.39. The van der Waals surface area contributed by atoms with E-state index >= 15 is 0 Å². The number of fused-ring (bicyclic) bond motifs is 1. The Morgan fingerprint density at radius 2 is 1.90 bits per heavy atom. The Hall–Kier alpha value is -1.16. The van der Waals surface area contributed by atoms with Crippen LogP contribution < -0.4 is 10.2 Å². The number of anilines is 1. The zero-order valence-corrected chi connectivity index (χ0v) is 12.8. The van der Waals surface area contributed by atoms with Crippen LogP contribution in [0.5, 0.6) is 0 Å². The maximum absolute atomic E-state index is 4.57. The third-order valence-electron chi connectivity index (χ3n) is 5.62. The van der Waals surface area contributed by atoms with E-state index in [1.165, 1.54) is 63.7 Å². The maximum Gasteiger partial charge on any atom is 0.132 e. The summed E-state index contributed by atoms with van der Waals surface area (Å²) in [5.41, 5.74) is 1.28. The molecule has 2 aliphatic heterocycles. The lowest BCUT2D eigenvalue weighted by atomic mass is 9.87. The van der Waals surface area contributed by atoms with Crippen molar-refractivity contribution < 1.29 is 0 Å². The lowest BCUT2D eigenvalue weighted by Gasteiger charge is -2.24. The summed E-state index contributed by atoms with van der Waals surface area (Å²) in [7, 11) is 0. The molecule has 0 spiro atoms. The second-order valence-corrected chi connectivity index (χ2v) is 7.00. The topological polar surface area (TPSA) is 41.1 Å². The van der Waals surface area contributed by atoms with Crippen molar-refractivity contribution in [3.63, 3.8) is 0 Å². The molecule has 0 radical (unpaired) electrons. The van der Waals surface area contributed by atoms with Gasteiger partial charge < -0.3 is 10.2 Å². The van der Waals surface area contributed by atoms with E-state index in [-0.39, 0.29) is 0 Å². The lowest BCUT2D eigenvalue weighted by molar-refractivity contribution is 0.340. The quantitative estimate of drug-likeness (QED) is 0.907. The van der Waals surface area contributed by atoms with Crippen molar-refractivity contribution in [2.75, 3.05) is 24.5 Å². The second-order valence-electron chi connectivity index (χ2n) is 7.00. The number of hydrogen-bond acceptors (Lipinski definition) is 4. The van der Waals surface area contributed by atoms with Crippen LogP contribution >= 0.6 is 0 Å². The highest BCUT2D eigenvalue weighted by molar-refractivity contribution is 5.42. The van der Waals surface area contributed by atoms with Crippen molar-refractivity contribution in [1.29, 1.82) is 0 Å². The maximum atomic E-state index is 4.57. The van der Waals surface area contributed by atoms with Gasteiger partial charge in [0.2, 0.25) is 0 Å². The fourth-order valence-corrected chi connectivity index (χ4v) is 4.39. The predicted octanol–water partition coefficient (Wildman–Crippen LogP) is 2.71. The van der Waals surface area contributed by atoms with Gasteiger partial charge in [-0.3, -0.25) is 0 Å². The Bertz CT molecular complexity index is 469. The second kappa shape index (κ2) is 5.91. The summed E-state index contributed by atoms with van der Waals surface area (Å²) in [5, 5.41) is 3.67. The molecule has 3 fully saturated rings. The molecule has 4 heteroatoms. The molecule has 0 amide bonds. The first-order valence-electron chi connectivity index (χ1n) is 8.70. The van der Waals surface area contributed by atoms with E-state index in [1.807, 2.05) is 0 Å². The van der Waals surface area contributed by atoms with Gasteiger partial charge in [0, 0.05) is 36.8 Å². The number of rotatable bonds is 2. The van der Waals surface area contributed by atoms with Gasteiger partial charge in [-0.2, -0.15) is 0 Å². The summed E-state index contributed by atoms with van der Waals surface area (Å²) in [6.45, 7) is 3.47. The number of piperidine rings is 1. The van der Waals surface area contributed by atoms with Crippen LogP contribution in [0.25, 0.3) is 0 Å². The normalized spacial score (nSPS) is 30.4. The summed E-state index contributed by atoms with van der Waals surface area (Å²) in [6, 6.07) is 2.94. The van der Waals surface area contributed by atoms with Crippen molar-refractivity contribution in [1.82, 2.24) is 15.3 Å². The minimum Gasteiger partial charge on any atom is -0.355 e. The van der Waals surface area contributed by atoms with Crippen LogP contribution in [0, 0.1) is 5.92 Å². The van der Waals surface area contributed by atoms with Gasteiger partial charge in [-0.25, -0.2) is 9.97 Å². The van der Waals surface area contributed by atoms with Crippen molar-refractivity contribution in [2.45, 2.75) is 56.9 Å². The fraction of sp³-hybridized carbons (Fsp3) is 0.765. The number of hydrogen-bond donors (Lipinski definition) is 1. The van der Waals surface area contributed by atoms with Crippen molar-refractivity contribution >= 4 is 5.82 Å². The highest BCUT2D eigenvalue weighted by Gasteiger charge is 2.35. The first-order valence-corrected chi connectivity index (χ1v) is 8.70. The molecule has 3 aliphatic rings. The molecular weight excluding hydrogens is 260 g/mol. The van der Waals surface area contributed by atoms with Crippen LogP contribution in [0.1, 0.15) is 56.6 Å². The number of aromatic nitrogens is 2. The highest BCUT2D eigenvalue weighted by Crippen LogP contribution is 2.33. The molecule has 0 bridgehead atoms. The van der Waals surface area contributed by atoms with E-state index in [1.54, 1.807) is 6.33 Å². The van der Waals surface area contributed by atoms with E-state index in [2.05, 4.69) is 26.3 Å². The number of nitrogens with one attached hydrogen (secondary N) is 1. The van der Waals surface area contributed by atoms with Crippen LogP contribution in [0.4, 0.5) is 5.82 Å². The van der Waals surface area contributed by atoms with Crippen molar-refractivity contribution in [3.05, 3.63) is 18.1 Å². The first-order chi connectivity index (χ1) is 10.4. The van der Waals surface area contributed by atoms with Crippen LogP contribution in [-0.2, 0) is 0 Å². The standard InChI is InChI=1S/C17H26N4/c1-2-5-13(6-3-1)15-9-17(20-12-19-15)21-10-14-7-4-8-18-16(14)11-21/h9,12-14,16,18H,1-8,10-11H2/t14-,16+/m1/s1. The van der Waals surface area contributed by atoms with Gasteiger partial charge in [0.1, 0.15) is 12.1 Å². The third kappa shape index (κ3) is 2.78. The van der Waals surface area contributed by atoms with Crippen molar-refractivity contribution in [2.24, 2.45) is 5.92 Å². The molecular formula is C17H26N4. The molecule has 3 heterocycles. The molecule has 1 aromatic heterocycles. The predicted molar refractivity (Wildman–Crippen MR) is 84.6 cm³/mol. The Morgan fingerprint density at radius 1 is 1.00 bits per heavy atom. The Balaban J connectivity index is 1.50. The van der Waals surface area contributed by atoms with E-state index in [0.29, 0.717) is 12.0 Å². The van der Waals surface area contributed by atoms with E-state index in [4.69, 9.17) is 0 Å². The molecule has 2 atom stereocenters. The zero-order valence-electron chi connectivity index (χ0n) is 12.8. The molecule has 1 saturated carbocycles. The molecule has 1 aromatic rings. The largest absolute Gasteiger partial charge is 0.355 e. The smallest absolute Gasteiger partial charge is 0.132 e. The first kappa shape index (κ1) is 13.5. The summed E-state index contributed by atoms with van der Waals surface area (Å²) < 4.78 is 0. The Morgan fingerprint density at radius 3 is 2.76 bits per heavy atom. The molecule has 1 aliphatic carbocycles. The average Bonchev–Trinajstić information content (AvgIpc) is 3.00. The average molecular weight is 286 g/mol. The van der Waals surface area contributed by atoms with Crippen molar-refractivity contribution in [3.8, 4) is 0 Å². The van der Waals surface area contributed by atoms with Gasteiger partial charge in [0.25, 0.3) is 0 Å². The van der Waals surface area contributed by atoms with E-state index < -0.39 is 0 Å². The third-order valence-corrected chi connectivity index (χ3v) is 5.62. The molecule has 21 heavy (non-hydrogen) atoms. The van der Waals surface area contributed by atoms with Gasteiger partial charge in [-0.05, 0) is 38.1 Å². The lowest BCUT2D eigenvalue weighted by Crippen LogP contribution is -2.40. The molecule has 2 saturated heterocycles.